The first-order chi connectivity index (χ1) is 11.1. The van der Waals surface area contributed by atoms with Crippen LogP contribution in [-0.4, -0.2) is 50.1 Å². The molecular formula is C16H22N6O. The number of hydrogen-bond acceptors (Lipinski definition) is 5. The molecule has 1 fully saturated rings. The average Bonchev–Trinajstić information content (AvgIpc) is 3.02. The Bertz CT molecular complexity index is 656. The van der Waals surface area contributed by atoms with Gasteiger partial charge in [0.25, 0.3) is 0 Å². The van der Waals surface area contributed by atoms with Crippen molar-refractivity contribution in [3.8, 4) is 0 Å². The van der Waals surface area contributed by atoms with Gasteiger partial charge in [-0.25, -0.2) is 9.97 Å². The van der Waals surface area contributed by atoms with Gasteiger partial charge in [0.05, 0.1) is 11.7 Å². The minimum atomic E-state index is -0.221. The van der Waals surface area contributed by atoms with E-state index in [1.54, 1.807) is 18.5 Å². The fourth-order valence-corrected chi connectivity index (χ4v) is 2.99. The molecule has 0 unspecified atom stereocenters. The summed E-state index contributed by atoms with van der Waals surface area (Å²) in [6.07, 6.45) is 5.40. The highest BCUT2D eigenvalue weighted by Crippen LogP contribution is 2.27. The third-order valence-electron chi connectivity index (χ3n) is 4.32. The third kappa shape index (κ3) is 3.73. The van der Waals surface area contributed by atoms with Gasteiger partial charge >= 0.3 is 0 Å². The summed E-state index contributed by atoms with van der Waals surface area (Å²) < 4.78 is 0. The van der Waals surface area contributed by atoms with Gasteiger partial charge in [0.15, 0.2) is 0 Å². The second kappa shape index (κ2) is 6.87. The Kier molecular flexibility index (Phi) is 4.66. The van der Waals surface area contributed by atoms with Crippen LogP contribution in [0.15, 0.2) is 24.5 Å². The lowest BCUT2D eigenvalue weighted by molar-refractivity contribution is -0.121. The van der Waals surface area contributed by atoms with Gasteiger partial charge in [-0.15, -0.1) is 0 Å². The Hall–Kier alpha value is -2.28. The summed E-state index contributed by atoms with van der Waals surface area (Å²) in [7, 11) is 0. The fraction of sp³-hybridized carbons (Fsp3) is 0.500. The van der Waals surface area contributed by atoms with Crippen LogP contribution in [0.5, 0.6) is 0 Å². The molecular weight excluding hydrogens is 292 g/mol. The van der Waals surface area contributed by atoms with Crippen LogP contribution >= 0.6 is 0 Å². The molecule has 2 atom stereocenters. The molecule has 1 aliphatic rings. The number of aryl methyl sites for hydroxylation is 1. The molecule has 0 aliphatic carbocycles. The summed E-state index contributed by atoms with van der Waals surface area (Å²) in [5, 5.41) is 10.1. The number of aromatic amines is 1. The predicted octanol–water partition coefficient (Wildman–Crippen LogP) is 1.71. The molecule has 7 heteroatoms. The number of nitrogens with zero attached hydrogens (tertiary/aromatic N) is 4. The van der Waals surface area contributed by atoms with E-state index in [9.17, 15) is 4.79 Å². The first kappa shape index (κ1) is 15.6. The Morgan fingerprint density at radius 1 is 1.43 bits per heavy atom. The lowest BCUT2D eigenvalue weighted by Gasteiger charge is -2.35. The fourth-order valence-electron chi connectivity index (χ4n) is 2.99. The summed E-state index contributed by atoms with van der Waals surface area (Å²) in [4.78, 5) is 22.7. The Labute approximate surface area is 135 Å². The summed E-state index contributed by atoms with van der Waals surface area (Å²) in [5.41, 5.74) is 2.16. The molecule has 2 N–H and O–H groups in total. The highest BCUT2D eigenvalue weighted by atomic mass is 16.2. The smallest absolute Gasteiger partial charge is 0.243 e. The number of rotatable bonds is 4. The zero-order valence-electron chi connectivity index (χ0n) is 13.5. The maximum Gasteiger partial charge on any atom is 0.243 e. The number of amides is 1. The number of carbonyl (C=O) groups is 1. The van der Waals surface area contributed by atoms with Crippen LogP contribution in [0.25, 0.3) is 0 Å². The number of H-pyrrole nitrogens is 1. The van der Waals surface area contributed by atoms with Crippen LogP contribution in [0.2, 0.25) is 0 Å². The molecule has 2 aromatic rings. The molecule has 122 valence electrons. The van der Waals surface area contributed by atoms with E-state index in [2.05, 4.69) is 36.4 Å². The largest absolute Gasteiger partial charge is 0.293 e. The van der Waals surface area contributed by atoms with Crippen LogP contribution in [-0.2, 0) is 4.79 Å². The second-order valence-electron chi connectivity index (χ2n) is 6.05. The van der Waals surface area contributed by atoms with Crippen LogP contribution in [0.4, 0.5) is 5.95 Å². The van der Waals surface area contributed by atoms with Gasteiger partial charge in [-0.3, -0.25) is 20.1 Å². The molecule has 23 heavy (non-hydrogen) atoms. The highest BCUT2D eigenvalue weighted by molar-refractivity contribution is 5.93. The van der Waals surface area contributed by atoms with Gasteiger partial charge in [0, 0.05) is 30.6 Å². The first-order valence-electron chi connectivity index (χ1n) is 7.97. The van der Waals surface area contributed by atoms with Gasteiger partial charge in [0.1, 0.15) is 0 Å². The Balaban J connectivity index is 1.62. The lowest BCUT2D eigenvalue weighted by atomic mass is 9.93. The molecule has 0 radical (unpaired) electrons. The quantitative estimate of drug-likeness (QED) is 0.897. The van der Waals surface area contributed by atoms with Gasteiger partial charge < -0.3 is 0 Å². The zero-order valence-corrected chi connectivity index (χ0v) is 13.5. The van der Waals surface area contributed by atoms with Crippen molar-refractivity contribution in [3.05, 3.63) is 35.9 Å². The molecule has 7 nitrogen and oxygen atoms in total. The van der Waals surface area contributed by atoms with E-state index >= 15 is 0 Å². The normalized spacial score (nSPS) is 20.2. The summed E-state index contributed by atoms with van der Waals surface area (Å²) >= 11 is 0. The predicted molar refractivity (Wildman–Crippen MR) is 87.0 cm³/mol. The van der Waals surface area contributed by atoms with Gasteiger partial charge in [0.2, 0.25) is 11.9 Å². The molecule has 1 saturated heterocycles. The molecule has 0 saturated carbocycles. The van der Waals surface area contributed by atoms with Crippen LogP contribution < -0.4 is 5.32 Å². The van der Waals surface area contributed by atoms with E-state index in [1.165, 1.54) is 0 Å². The van der Waals surface area contributed by atoms with Crippen LogP contribution in [0, 0.1) is 6.92 Å². The molecule has 1 aliphatic heterocycles. The highest BCUT2D eigenvalue weighted by Gasteiger charge is 2.29. The maximum absolute atomic E-state index is 12.4. The van der Waals surface area contributed by atoms with Crippen molar-refractivity contribution in [2.24, 2.45) is 0 Å². The molecule has 0 bridgehead atoms. The van der Waals surface area contributed by atoms with Crippen molar-refractivity contribution in [2.75, 3.05) is 18.4 Å². The van der Waals surface area contributed by atoms with E-state index in [0.717, 1.165) is 37.3 Å². The van der Waals surface area contributed by atoms with Crippen LogP contribution in [0.1, 0.15) is 37.1 Å². The molecule has 0 aromatic carbocycles. The number of hydrogen-bond donors (Lipinski definition) is 2. The van der Waals surface area contributed by atoms with Gasteiger partial charge in [-0.05, 0) is 45.4 Å². The Morgan fingerprint density at radius 3 is 2.91 bits per heavy atom. The minimum absolute atomic E-state index is 0.0740. The van der Waals surface area contributed by atoms with E-state index in [-0.39, 0.29) is 11.9 Å². The van der Waals surface area contributed by atoms with Crippen molar-refractivity contribution in [1.82, 2.24) is 25.1 Å². The molecule has 1 amide bonds. The maximum atomic E-state index is 12.4. The number of nitrogens with one attached hydrogen (secondary N) is 2. The second-order valence-corrected chi connectivity index (χ2v) is 6.05. The number of likely N-dealkylation sites (tertiary alicyclic amines) is 1. The molecule has 0 spiro atoms. The SMILES string of the molecule is Cc1cc([C@H]2CCCN([C@H](C)C(=O)Nc3ncccn3)C2)n[nH]1. The van der Waals surface area contributed by atoms with Crippen molar-refractivity contribution in [2.45, 2.75) is 38.6 Å². The third-order valence-corrected chi connectivity index (χ3v) is 4.32. The van der Waals surface area contributed by atoms with Gasteiger partial charge in [-0.1, -0.05) is 0 Å². The van der Waals surface area contributed by atoms with E-state index in [1.807, 2.05) is 13.8 Å². The first-order valence-corrected chi connectivity index (χ1v) is 7.97. The molecule has 3 rings (SSSR count). The number of anilines is 1. The summed E-state index contributed by atoms with van der Waals surface area (Å²) in [6, 6.07) is 3.60. The van der Waals surface area contributed by atoms with Crippen molar-refractivity contribution in [1.29, 1.82) is 0 Å². The summed E-state index contributed by atoms with van der Waals surface area (Å²) in [5.74, 6) is 0.646. The van der Waals surface area contributed by atoms with Crippen molar-refractivity contribution < 1.29 is 4.79 Å². The molecule has 3 heterocycles. The minimum Gasteiger partial charge on any atom is -0.293 e. The summed E-state index contributed by atoms with van der Waals surface area (Å²) in [6.45, 7) is 5.70. The van der Waals surface area contributed by atoms with Crippen molar-refractivity contribution in [3.63, 3.8) is 0 Å². The topological polar surface area (TPSA) is 86.8 Å². The van der Waals surface area contributed by atoms with E-state index in [4.69, 9.17) is 0 Å². The monoisotopic (exact) mass is 314 g/mol. The van der Waals surface area contributed by atoms with Crippen molar-refractivity contribution >= 4 is 11.9 Å². The Morgan fingerprint density at radius 2 is 2.22 bits per heavy atom. The zero-order chi connectivity index (χ0) is 16.2. The number of aromatic nitrogens is 4. The van der Waals surface area contributed by atoms with Crippen LogP contribution in [0.3, 0.4) is 0 Å². The lowest BCUT2D eigenvalue weighted by Crippen LogP contribution is -2.46. The van der Waals surface area contributed by atoms with Gasteiger partial charge in [-0.2, -0.15) is 5.10 Å². The number of carbonyl (C=O) groups excluding carboxylic acids is 1. The standard InChI is InChI=1S/C16H22N6O/c1-11-9-14(21-20-11)13-5-3-8-22(10-13)12(2)15(23)19-16-17-6-4-7-18-16/h4,6-7,9,12-13H,3,5,8,10H2,1-2H3,(H,20,21)(H,17,18,19,23)/t12-,13+/m1/s1. The average molecular weight is 314 g/mol. The number of piperidine rings is 1. The van der Waals surface area contributed by atoms with E-state index < -0.39 is 0 Å². The van der Waals surface area contributed by atoms with E-state index in [0.29, 0.717) is 11.9 Å². The molecule has 2 aromatic heterocycles.